The molecular formula is C14H20N2O4S. The lowest BCUT2D eigenvalue weighted by atomic mass is 10.1. The Labute approximate surface area is 125 Å². The maximum absolute atomic E-state index is 12.8. The smallest absolute Gasteiger partial charge is 0.243 e. The van der Waals surface area contributed by atoms with Crippen LogP contribution in [0.3, 0.4) is 0 Å². The topological polar surface area (TPSA) is 67.9 Å². The standard InChI is InChI=1S/C14H20N2O4S/c1-10-11(2)16(6-5-15-10)21(17,18)12-3-4-13-14(9-12)20-8-7-19-13/h3-4,9-11,15H,5-8H2,1-2H3. The van der Waals surface area contributed by atoms with Crippen molar-refractivity contribution in [3.05, 3.63) is 18.2 Å². The Morgan fingerprint density at radius 1 is 1.19 bits per heavy atom. The molecule has 1 N–H and O–H groups in total. The second-order valence-corrected chi connectivity index (χ2v) is 7.30. The number of ether oxygens (including phenoxy) is 2. The van der Waals surface area contributed by atoms with Crippen LogP contribution in [0.25, 0.3) is 0 Å². The highest BCUT2D eigenvalue weighted by Gasteiger charge is 2.35. The zero-order valence-electron chi connectivity index (χ0n) is 12.2. The van der Waals surface area contributed by atoms with Gasteiger partial charge in [0.2, 0.25) is 10.0 Å². The van der Waals surface area contributed by atoms with E-state index in [2.05, 4.69) is 5.32 Å². The van der Waals surface area contributed by atoms with E-state index in [9.17, 15) is 8.42 Å². The van der Waals surface area contributed by atoms with Crippen LogP contribution < -0.4 is 14.8 Å². The molecule has 3 rings (SSSR count). The summed E-state index contributed by atoms with van der Waals surface area (Å²) in [5.41, 5.74) is 0. The maximum atomic E-state index is 12.8. The van der Waals surface area contributed by atoms with Crippen LogP contribution in [0.4, 0.5) is 0 Å². The van der Waals surface area contributed by atoms with Crippen molar-refractivity contribution < 1.29 is 17.9 Å². The second-order valence-electron chi connectivity index (χ2n) is 5.40. The van der Waals surface area contributed by atoms with Crippen LogP contribution in [-0.4, -0.2) is 51.1 Å². The van der Waals surface area contributed by atoms with Crippen LogP contribution in [0, 0.1) is 0 Å². The number of nitrogens with one attached hydrogen (secondary N) is 1. The van der Waals surface area contributed by atoms with Gasteiger partial charge < -0.3 is 14.8 Å². The average molecular weight is 312 g/mol. The van der Waals surface area contributed by atoms with Crippen molar-refractivity contribution in [2.45, 2.75) is 30.8 Å². The number of hydrogen-bond donors (Lipinski definition) is 1. The normalized spacial score (nSPS) is 26.6. The van der Waals surface area contributed by atoms with Crippen molar-refractivity contribution in [3.63, 3.8) is 0 Å². The quantitative estimate of drug-likeness (QED) is 0.876. The van der Waals surface area contributed by atoms with E-state index >= 15 is 0 Å². The Balaban J connectivity index is 1.94. The van der Waals surface area contributed by atoms with Gasteiger partial charge in [-0.25, -0.2) is 8.42 Å². The molecule has 6 nitrogen and oxygen atoms in total. The van der Waals surface area contributed by atoms with Crippen LogP contribution in [0.5, 0.6) is 11.5 Å². The molecule has 0 aliphatic carbocycles. The highest BCUT2D eigenvalue weighted by Crippen LogP contribution is 2.33. The first kappa shape index (κ1) is 14.6. The summed E-state index contributed by atoms with van der Waals surface area (Å²) in [5.74, 6) is 1.10. The fourth-order valence-corrected chi connectivity index (χ4v) is 4.40. The summed E-state index contributed by atoms with van der Waals surface area (Å²) in [6.07, 6.45) is 0. The van der Waals surface area contributed by atoms with Crippen molar-refractivity contribution in [1.29, 1.82) is 0 Å². The summed E-state index contributed by atoms with van der Waals surface area (Å²) < 4.78 is 38.1. The number of nitrogens with zero attached hydrogens (tertiary/aromatic N) is 1. The lowest BCUT2D eigenvalue weighted by Gasteiger charge is -2.37. The summed E-state index contributed by atoms with van der Waals surface area (Å²) in [5, 5.41) is 3.28. The van der Waals surface area contributed by atoms with E-state index in [0.717, 1.165) is 0 Å². The molecule has 1 saturated heterocycles. The van der Waals surface area contributed by atoms with Gasteiger partial charge in [0.05, 0.1) is 4.90 Å². The first-order valence-electron chi connectivity index (χ1n) is 7.15. The highest BCUT2D eigenvalue weighted by molar-refractivity contribution is 7.89. The van der Waals surface area contributed by atoms with E-state index in [1.807, 2.05) is 13.8 Å². The molecule has 0 saturated carbocycles. The third-order valence-electron chi connectivity index (χ3n) is 4.10. The summed E-state index contributed by atoms with van der Waals surface area (Å²) >= 11 is 0. The lowest BCUT2D eigenvalue weighted by molar-refractivity contribution is 0.171. The third kappa shape index (κ3) is 2.61. The molecule has 21 heavy (non-hydrogen) atoms. The number of hydrogen-bond acceptors (Lipinski definition) is 5. The number of rotatable bonds is 2. The minimum absolute atomic E-state index is 0.0862. The molecule has 0 aromatic heterocycles. The van der Waals surface area contributed by atoms with Gasteiger partial charge in [0.15, 0.2) is 11.5 Å². The Morgan fingerprint density at radius 3 is 2.67 bits per heavy atom. The van der Waals surface area contributed by atoms with Crippen molar-refractivity contribution in [2.75, 3.05) is 26.3 Å². The zero-order valence-corrected chi connectivity index (χ0v) is 13.0. The monoisotopic (exact) mass is 312 g/mol. The first-order valence-corrected chi connectivity index (χ1v) is 8.59. The predicted octanol–water partition coefficient (Wildman–Crippen LogP) is 0.829. The largest absolute Gasteiger partial charge is 0.486 e. The Morgan fingerprint density at radius 2 is 1.90 bits per heavy atom. The minimum atomic E-state index is -3.52. The van der Waals surface area contributed by atoms with E-state index in [4.69, 9.17) is 9.47 Å². The maximum Gasteiger partial charge on any atom is 0.243 e. The molecule has 2 unspecified atom stereocenters. The van der Waals surface area contributed by atoms with Crippen molar-refractivity contribution in [3.8, 4) is 11.5 Å². The minimum Gasteiger partial charge on any atom is -0.486 e. The molecule has 7 heteroatoms. The van der Waals surface area contributed by atoms with Gasteiger partial charge in [0.1, 0.15) is 13.2 Å². The van der Waals surface area contributed by atoms with Crippen LogP contribution in [0.15, 0.2) is 23.1 Å². The number of piperazine rings is 1. The van der Waals surface area contributed by atoms with Gasteiger partial charge in [0, 0.05) is 31.2 Å². The first-order chi connectivity index (χ1) is 10.00. The molecule has 0 spiro atoms. The second kappa shape index (κ2) is 5.47. The molecule has 2 aliphatic heterocycles. The number of sulfonamides is 1. The number of benzene rings is 1. The Hall–Kier alpha value is -1.31. The van der Waals surface area contributed by atoms with Gasteiger partial charge in [-0.3, -0.25) is 0 Å². The summed E-state index contributed by atoms with van der Waals surface area (Å²) in [7, 11) is -3.52. The molecule has 116 valence electrons. The van der Waals surface area contributed by atoms with Crippen molar-refractivity contribution >= 4 is 10.0 Å². The molecule has 0 amide bonds. The SMILES string of the molecule is CC1NCCN(S(=O)(=O)c2ccc3c(c2)OCCO3)C1C. The molecular weight excluding hydrogens is 292 g/mol. The Bertz CT molecular complexity index is 632. The fraction of sp³-hybridized carbons (Fsp3) is 0.571. The molecule has 0 bridgehead atoms. The molecule has 0 radical (unpaired) electrons. The van der Waals surface area contributed by atoms with E-state index in [0.29, 0.717) is 37.8 Å². The summed E-state index contributed by atoms with van der Waals surface area (Å²) in [4.78, 5) is 0.257. The van der Waals surface area contributed by atoms with E-state index < -0.39 is 10.0 Å². The zero-order chi connectivity index (χ0) is 15.0. The van der Waals surface area contributed by atoms with E-state index in [-0.39, 0.29) is 17.0 Å². The van der Waals surface area contributed by atoms with E-state index in [1.54, 1.807) is 22.5 Å². The van der Waals surface area contributed by atoms with Gasteiger partial charge in [0.25, 0.3) is 0 Å². The van der Waals surface area contributed by atoms with Crippen molar-refractivity contribution in [1.82, 2.24) is 9.62 Å². The molecule has 1 aromatic carbocycles. The van der Waals surface area contributed by atoms with Crippen molar-refractivity contribution in [2.24, 2.45) is 0 Å². The number of fused-ring (bicyclic) bond motifs is 1. The highest BCUT2D eigenvalue weighted by atomic mass is 32.2. The fourth-order valence-electron chi connectivity index (χ4n) is 2.68. The van der Waals surface area contributed by atoms with Gasteiger partial charge >= 0.3 is 0 Å². The summed E-state index contributed by atoms with van der Waals surface area (Å²) in [6, 6.07) is 4.85. The van der Waals surface area contributed by atoms with Gasteiger partial charge in [-0.05, 0) is 26.0 Å². The third-order valence-corrected chi connectivity index (χ3v) is 6.08. The molecule has 2 aliphatic rings. The lowest BCUT2D eigenvalue weighted by Crippen LogP contribution is -2.57. The van der Waals surface area contributed by atoms with Gasteiger partial charge in [-0.1, -0.05) is 0 Å². The average Bonchev–Trinajstić information content (AvgIpc) is 2.49. The molecule has 2 heterocycles. The van der Waals surface area contributed by atoms with Gasteiger partial charge in [-0.2, -0.15) is 4.31 Å². The van der Waals surface area contributed by atoms with Crippen LogP contribution in [-0.2, 0) is 10.0 Å². The van der Waals surface area contributed by atoms with Gasteiger partial charge in [-0.15, -0.1) is 0 Å². The predicted molar refractivity (Wildman–Crippen MR) is 78.3 cm³/mol. The Kier molecular flexibility index (Phi) is 3.81. The molecule has 1 aromatic rings. The molecule has 2 atom stereocenters. The van der Waals surface area contributed by atoms with Crippen LogP contribution in [0.1, 0.15) is 13.8 Å². The van der Waals surface area contributed by atoms with Crippen LogP contribution >= 0.6 is 0 Å². The van der Waals surface area contributed by atoms with E-state index in [1.165, 1.54) is 0 Å². The molecule has 1 fully saturated rings. The summed E-state index contributed by atoms with van der Waals surface area (Å²) in [6.45, 7) is 5.99. The van der Waals surface area contributed by atoms with Crippen LogP contribution in [0.2, 0.25) is 0 Å².